The van der Waals surface area contributed by atoms with Crippen LogP contribution in [0.3, 0.4) is 0 Å². The number of rotatable bonds is 6. The Labute approximate surface area is 108 Å². The van der Waals surface area contributed by atoms with Crippen molar-refractivity contribution in [2.45, 2.75) is 12.5 Å². The fraction of sp³-hybridized carbons (Fsp3) is 0.364. The van der Waals surface area contributed by atoms with Crippen molar-refractivity contribution in [3.63, 3.8) is 0 Å². The maximum absolute atomic E-state index is 10.6. The summed E-state index contributed by atoms with van der Waals surface area (Å²) in [5, 5.41) is 8.66. The first-order valence-corrected chi connectivity index (χ1v) is 6.42. The maximum atomic E-state index is 10.6. The molecule has 1 atom stereocenters. The van der Waals surface area contributed by atoms with Crippen LogP contribution in [-0.2, 0) is 11.2 Å². The molecule has 0 unspecified atom stereocenters. The van der Waals surface area contributed by atoms with E-state index < -0.39 is 12.0 Å². The molecule has 1 aromatic rings. The summed E-state index contributed by atoms with van der Waals surface area (Å²) in [7, 11) is 0. The van der Waals surface area contributed by atoms with Gasteiger partial charge in [-0.2, -0.15) is 0 Å². The van der Waals surface area contributed by atoms with Gasteiger partial charge in [0.15, 0.2) is 0 Å². The van der Waals surface area contributed by atoms with Gasteiger partial charge in [0.2, 0.25) is 0 Å². The molecule has 88 valence electrons. The zero-order valence-corrected chi connectivity index (χ0v) is 10.9. The zero-order valence-electron chi connectivity index (χ0n) is 8.73. The highest BCUT2D eigenvalue weighted by Gasteiger charge is 2.11. The Hall–Kier alpha value is -0.820. The summed E-state index contributed by atoms with van der Waals surface area (Å²) in [5.41, 5.74) is 6.33. The van der Waals surface area contributed by atoms with Crippen LogP contribution in [0.2, 0.25) is 0 Å². The standard InChI is InChI=1S/C11H14INO3/c12-5-6-16-9-3-1-8(2-4-9)7-10(13)11(14)15/h1-4,10H,5-7,13H2,(H,14,15)/t10-/m0/s1. The normalized spacial score (nSPS) is 12.1. The Bertz CT molecular complexity index is 340. The number of carboxylic acid groups (broad SMARTS) is 1. The topological polar surface area (TPSA) is 72.5 Å². The van der Waals surface area contributed by atoms with Gasteiger partial charge in [-0.25, -0.2) is 0 Å². The second-order valence-corrected chi connectivity index (χ2v) is 4.41. The summed E-state index contributed by atoms with van der Waals surface area (Å²) in [6.45, 7) is 0.675. The van der Waals surface area contributed by atoms with E-state index in [1.807, 2.05) is 24.3 Å². The molecule has 1 aromatic carbocycles. The molecule has 4 nitrogen and oxygen atoms in total. The third-order valence-corrected chi connectivity index (χ3v) is 2.48. The van der Waals surface area contributed by atoms with E-state index >= 15 is 0 Å². The second kappa shape index (κ2) is 6.70. The minimum atomic E-state index is -0.981. The first-order chi connectivity index (χ1) is 7.63. The smallest absolute Gasteiger partial charge is 0.320 e. The Kier molecular flexibility index (Phi) is 5.54. The van der Waals surface area contributed by atoms with Gasteiger partial charge < -0.3 is 15.6 Å². The second-order valence-electron chi connectivity index (χ2n) is 3.33. The fourth-order valence-electron chi connectivity index (χ4n) is 1.22. The summed E-state index contributed by atoms with van der Waals surface area (Å²) >= 11 is 2.24. The van der Waals surface area contributed by atoms with Crippen molar-refractivity contribution in [1.82, 2.24) is 0 Å². The lowest BCUT2D eigenvalue weighted by atomic mass is 10.1. The SMILES string of the molecule is N[C@@H](Cc1ccc(OCCI)cc1)C(=O)O. The van der Waals surface area contributed by atoms with E-state index in [9.17, 15) is 4.79 Å². The number of halogens is 1. The number of carboxylic acids is 1. The molecule has 5 heteroatoms. The molecule has 0 spiro atoms. The van der Waals surface area contributed by atoms with Crippen LogP contribution in [0.5, 0.6) is 5.75 Å². The van der Waals surface area contributed by atoms with Gasteiger partial charge >= 0.3 is 5.97 Å². The molecule has 3 N–H and O–H groups in total. The molecule has 0 fully saturated rings. The van der Waals surface area contributed by atoms with Gasteiger partial charge in [0.25, 0.3) is 0 Å². The number of nitrogens with two attached hydrogens (primary N) is 1. The fourth-order valence-corrected chi connectivity index (χ4v) is 1.44. The van der Waals surface area contributed by atoms with Gasteiger partial charge in [0.1, 0.15) is 11.8 Å². The molecule has 0 aliphatic carbocycles. The highest BCUT2D eigenvalue weighted by atomic mass is 127. The molecule has 0 saturated carbocycles. The maximum Gasteiger partial charge on any atom is 0.320 e. The number of alkyl halides is 1. The van der Waals surface area contributed by atoms with Crippen molar-refractivity contribution < 1.29 is 14.6 Å². The number of hydrogen-bond acceptors (Lipinski definition) is 3. The third kappa shape index (κ3) is 4.36. The lowest BCUT2D eigenvalue weighted by Gasteiger charge is -2.08. The average Bonchev–Trinajstić information content (AvgIpc) is 2.28. The van der Waals surface area contributed by atoms with Crippen molar-refractivity contribution in [1.29, 1.82) is 0 Å². The molecule has 0 heterocycles. The first kappa shape index (κ1) is 13.2. The quantitative estimate of drug-likeness (QED) is 0.610. The summed E-state index contributed by atoms with van der Waals surface area (Å²) < 4.78 is 6.34. The molecular formula is C11H14INO3. The summed E-state index contributed by atoms with van der Waals surface area (Å²) in [5.74, 6) is -0.186. The number of benzene rings is 1. The van der Waals surface area contributed by atoms with E-state index in [0.29, 0.717) is 13.0 Å². The van der Waals surface area contributed by atoms with Crippen molar-refractivity contribution in [2.24, 2.45) is 5.73 Å². The average molecular weight is 335 g/mol. The number of aliphatic carboxylic acids is 1. The molecule has 0 saturated heterocycles. The van der Waals surface area contributed by atoms with Crippen LogP contribution in [0.25, 0.3) is 0 Å². The monoisotopic (exact) mass is 335 g/mol. The lowest BCUT2D eigenvalue weighted by molar-refractivity contribution is -0.138. The summed E-state index contributed by atoms with van der Waals surface area (Å²) in [6, 6.07) is 6.49. The Morgan fingerprint density at radius 2 is 2.06 bits per heavy atom. The zero-order chi connectivity index (χ0) is 12.0. The predicted octanol–water partition coefficient (Wildman–Crippen LogP) is 1.45. The first-order valence-electron chi connectivity index (χ1n) is 4.89. The van der Waals surface area contributed by atoms with Crippen molar-refractivity contribution in [3.05, 3.63) is 29.8 Å². The van der Waals surface area contributed by atoms with Gasteiger partial charge in [-0.3, -0.25) is 4.79 Å². The molecule has 0 radical (unpaired) electrons. The highest BCUT2D eigenvalue weighted by molar-refractivity contribution is 14.1. The number of carbonyl (C=O) groups is 1. The molecule has 0 aliphatic rings. The molecule has 0 aromatic heterocycles. The predicted molar refractivity (Wildman–Crippen MR) is 70.1 cm³/mol. The van der Waals surface area contributed by atoms with Gasteiger partial charge in [-0.15, -0.1) is 0 Å². The summed E-state index contributed by atoms with van der Waals surface area (Å²) in [4.78, 5) is 10.6. The van der Waals surface area contributed by atoms with Crippen LogP contribution < -0.4 is 10.5 Å². The van der Waals surface area contributed by atoms with E-state index in [1.165, 1.54) is 0 Å². The third-order valence-electron chi connectivity index (χ3n) is 2.04. The van der Waals surface area contributed by atoms with E-state index in [1.54, 1.807) is 0 Å². The van der Waals surface area contributed by atoms with E-state index in [0.717, 1.165) is 15.7 Å². The Morgan fingerprint density at radius 3 is 2.56 bits per heavy atom. The van der Waals surface area contributed by atoms with Crippen molar-refractivity contribution in [3.8, 4) is 5.75 Å². The Morgan fingerprint density at radius 1 is 1.44 bits per heavy atom. The molecular weight excluding hydrogens is 321 g/mol. The van der Waals surface area contributed by atoms with E-state index in [-0.39, 0.29) is 0 Å². The van der Waals surface area contributed by atoms with Crippen LogP contribution in [-0.4, -0.2) is 28.2 Å². The Balaban J connectivity index is 2.54. The van der Waals surface area contributed by atoms with Gasteiger partial charge in [-0.1, -0.05) is 34.7 Å². The number of hydrogen-bond donors (Lipinski definition) is 2. The minimum absolute atomic E-state index is 0.335. The van der Waals surface area contributed by atoms with Crippen LogP contribution in [0.1, 0.15) is 5.56 Å². The number of ether oxygens (including phenoxy) is 1. The molecule has 16 heavy (non-hydrogen) atoms. The summed E-state index contributed by atoms with van der Waals surface area (Å²) in [6.07, 6.45) is 0.335. The largest absolute Gasteiger partial charge is 0.493 e. The van der Waals surface area contributed by atoms with E-state index in [4.69, 9.17) is 15.6 Å². The molecule has 1 rings (SSSR count). The highest BCUT2D eigenvalue weighted by Crippen LogP contribution is 2.13. The van der Waals surface area contributed by atoms with Crippen LogP contribution >= 0.6 is 22.6 Å². The van der Waals surface area contributed by atoms with Crippen molar-refractivity contribution >= 4 is 28.6 Å². The molecule has 0 amide bonds. The van der Waals surface area contributed by atoms with Crippen LogP contribution in [0.4, 0.5) is 0 Å². The van der Waals surface area contributed by atoms with Gasteiger partial charge in [0, 0.05) is 4.43 Å². The van der Waals surface area contributed by atoms with Crippen molar-refractivity contribution in [2.75, 3.05) is 11.0 Å². The molecule has 0 bridgehead atoms. The molecule has 0 aliphatic heterocycles. The van der Waals surface area contributed by atoms with Gasteiger partial charge in [0.05, 0.1) is 6.61 Å². The van der Waals surface area contributed by atoms with Crippen LogP contribution in [0.15, 0.2) is 24.3 Å². The van der Waals surface area contributed by atoms with E-state index in [2.05, 4.69) is 22.6 Å². The lowest BCUT2D eigenvalue weighted by Crippen LogP contribution is -2.32. The minimum Gasteiger partial charge on any atom is -0.493 e. The van der Waals surface area contributed by atoms with Crippen LogP contribution in [0, 0.1) is 0 Å². The van der Waals surface area contributed by atoms with Gasteiger partial charge in [-0.05, 0) is 24.1 Å².